The fourth-order valence-corrected chi connectivity index (χ4v) is 5.43. The molecule has 2 fully saturated rings. The Labute approximate surface area is 225 Å². The Hall–Kier alpha value is -3.02. The number of nitrogens with one attached hydrogen (secondary N) is 2. The Balaban J connectivity index is 1.31. The minimum atomic E-state index is -4.56. The number of carbonyl (C=O) groups is 2. The number of benzene rings is 1. The van der Waals surface area contributed by atoms with Crippen molar-refractivity contribution in [3.05, 3.63) is 65.5 Å². The summed E-state index contributed by atoms with van der Waals surface area (Å²) in [6.07, 6.45) is 2.25. The van der Waals surface area contributed by atoms with E-state index >= 15 is 0 Å². The number of halogens is 3. The molecule has 0 radical (unpaired) electrons. The lowest BCUT2D eigenvalue weighted by Gasteiger charge is -2.39. The van der Waals surface area contributed by atoms with Crippen molar-refractivity contribution >= 4 is 11.8 Å². The van der Waals surface area contributed by atoms with Crippen molar-refractivity contribution in [2.45, 2.75) is 69.0 Å². The topological polar surface area (TPSA) is 104 Å². The number of ether oxygens (including phenoxy) is 1. The largest absolute Gasteiger partial charge is 0.416 e. The summed E-state index contributed by atoms with van der Waals surface area (Å²) in [6, 6.07) is 7.71. The number of likely N-dealkylation sites (tertiary alicyclic amines) is 1. The van der Waals surface area contributed by atoms with Gasteiger partial charge in [0.15, 0.2) is 0 Å². The first-order valence-corrected chi connectivity index (χ1v) is 13.3. The second-order valence-corrected chi connectivity index (χ2v) is 10.3. The molecular weight excluding hydrogens is 513 g/mol. The summed E-state index contributed by atoms with van der Waals surface area (Å²) in [4.78, 5) is 31.4. The van der Waals surface area contributed by atoms with E-state index in [1.807, 2.05) is 19.1 Å². The summed E-state index contributed by atoms with van der Waals surface area (Å²) >= 11 is 0. The van der Waals surface area contributed by atoms with Crippen LogP contribution in [0.4, 0.5) is 13.2 Å². The number of amides is 2. The quantitative estimate of drug-likeness (QED) is 0.445. The van der Waals surface area contributed by atoms with E-state index in [9.17, 15) is 27.9 Å². The number of nitrogens with zero attached hydrogens (tertiary/aromatic N) is 2. The highest BCUT2D eigenvalue weighted by Gasteiger charge is 2.42. The molecule has 1 aliphatic carbocycles. The molecule has 39 heavy (non-hydrogen) atoms. The SMILES string of the molecule is CCCOC1CN(C2CCC(O)(c3ccncc3)CC2)CC1NC(=O)CNC(=O)c1cccc(C(F)(F)F)c1. The zero-order chi connectivity index (χ0) is 28.0. The van der Waals surface area contributed by atoms with E-state index in [0.29, 0.717) is 32.5 Å². The standard InChI is InChI=1S/C28H35F3N4O4/c1-2-14-39-24-18-35(22-6-10-27(38,11-7-22)20-8-12-32-13-9-20)17-23(24)34-25(36)16-33-26(37)19-4-3-5-21(15-19)28(29,30)31/h3-5,8-9,12-13,15,22-24,38H,2,6-7,10-11,14,16-18H2,1H3,(H,33,37)(H,34,36). The van der Waals surface area contributed by atoms with Gasteiger partial charge in [0, 0.05) is 43.7 Å². The molecule has 11 heteroatoms. The van der Waals surface area contributed by atoms with Crippen molar-refractivity contribution in [3.63, 3.8) is 0 Å². The van der Waals surface area contributed by atoms with Crippen LogP contribution < -0.4 is 10.6 Å². The molecule has 2 amide bonds. The van der Waals surface area contributed by atoms with Crippen LogP contribution in [0.1, 0.15) is 60.5 Å². The summed E-state index contributed by atoms with van der Waals surface area (Å²) in [6.45, 7) is 3.39. The summed E-state index contributed by atoms with van der Waals surface area (Å²) in [7, 11) is 0. The van der Waals surface area contributed by atoms with Gasteiger partial charge in [-0.1, -0.05) is 13.0 Å². The van der Waals surface area contributed by atoms with Crippen LogP contribution in [0.5, 0.6) is 0 Å². The van der Waals surface area contributed by atoms with Gasteiger partial charge in [-0.2, -0.15) is 13.2 Å². The highest BCUT2D eigenvalue weighted by molar-refractivity contribution is 5.96. The Morgan fingerprint density at radius 2 is 1.87 bits per heavy atom. The normalized spacial score (nSPS) is 25.8. The molecule has 1 aromatic heterocycles. The third-order valence-corrected chi connectivity index (χ3v) is 7.55. The molecule has 3 N–H and O–H groups in total. The van der Waals surface area contributed by atoms with Gasteiger partial charge in [-0.3, -0.25) is 19.5 Å². The molecule has 2 heterocycles. The predicted octanol–water partition coefficient (Wildman–Crippen LogP) is 3.26. The van der Waals surface area contributed by atoms with Crippen LogP contribution >= 0.6 is 0 Å². The lowest BCUT2D eigenvalue weighted by molar-refractivity contribution is -0.137. The molecule has 0 spiro atoms. The van der Waals surface area contributed by atoms with Crippen LogP contribution in [0.25, 0.3) is 0 Å². The molecule has 2 unspecified atom stereocenters. The molecular formula is C28H35F3N4O4. The molecule has 2 aromatic rings. The Kier molecular flexibility index (Phi) is 9.24. The average molecular weight is 549 g/mol. The molecule has 2 atom stereocenters. The molecule has 8 nitrogen and oxygen atoms in total. The Bertz CT molecular complexity index is 1120. The molecule has 1 aromatic carbocycles. The maximum absolute atomic E-state index is 13.0. The highest BCUT2D eigenvalue weighted by atomic mass is 19.4. The van der Waals surface area contributed by atoms with Gasteiger partial charge in [0.05, 0.1) is 29.9 Å². The average Bonchev–Trinajstić information content (AvgIpc) is 3.33. The van der Waals surface area contributed by atoms with E-state index in [-0.39, 0.29) is 30.3 Å². The first kappa shape index (κ1) is 29.0. The number of alkyl halides is 3. The summed E-state index contributed by atoms with van der Waals surface area (Å²) in [5, 5.41) is 16.5. The van der Waals surface area contributed by atoms with Crippen LogP contribution in [-0.2, 0) is 21.3 Å². The van der Waals surface area contributed by atoms with Gasteiger partial charge in [-0.25, -0.2) is 0 Å². The van der Waals surface area contributed by atoms with Gasteiger partial charge in [-0.05, 0) is 68.0 Å². The second-order valence-electron chi connectivity index (χ2n) is 10.3. The zero-order valence-electron chi connectivity index (χ0n) is 21.9. The van der Waals surface area contributed by atoms with E-state index in [2.05, 4.69) is 20.5 Å². The van der Waals surface area contributed by atoms with Crippen molar-refractivity contribution in [2.24, 2.45) is 0 Å². The molecule has 4 rings (SSSR count). The molecule has 1 saturated carbocycles. The maximum Gasteiger partial charge on any atom is 0.416 e. The van der Waals surface area contributed by atoms with Crippen molar-refractivity contribution in [2.75, 3.05) is 26.2 Å². The van der Waals surface area contributed by atoms with Crippen molar-refractivity contribution in [1.82, 2.24) is 20.5 Å². The number of pyridine rings is 1. The number of hydrogen-bond acceptors (Lipinski definition) is 6. The highest BCUT2D eigenvalue weighted by Crippen LogP contribution is 2.39. The molecule has 212 valence electrons. The number of hydrogen-bond donors (Lipinski definition) is 3. The summed E-state index contributed by atoms with van der Waals surface area (Å²) in [5.74, 6) is -1.20. The molecule has 2 aliphatic rings. The molecule has 1 saturated heterocycles. The predicted molar refractivity (Wildman–Crippen MR) is 138 cm³/mol. The van der Waals surface area contributed by atoms with Crippen LogP contribution in [0, 0.1) is 0 Å². The third-order valence-electron chi connectivity index (χ3n) is 7.55. The van der Waals surface area contributed by atoms with E-state index < -0.39 is 29.2 Å². The monoisotopic (exact) mass is 548 g/mol. The smallest absolute Gasteiger partial charge is 0.385 e. The summed E-state index contributed by atoms with van der Waals surface area (Å²) in [5.41, 5.74) is -1.09. The van der Waals surface area contributed by atoms with Gasteiger partial charge in [0.25, 0.3) is 5.91 Å². The van der Waals surface area contributed by atoms with E-state index in [4.69, 9.17) is 4.74 Å². The van der Waals surface area contributed by atoms with E-state index in [1.165, 1.54) is 6.07 Å². The van der Waals surface area contributed by atoms with Gasteiger partial charge < -0.3 is 20.5 Å². The van der Waals surface area contributed by atoms with Gasteiger partial charge >= 0.3 is 6.18 Å². The van der Waals surface area contributed by atoms with E-state index in [0.717, 1.165) is 43.0 Å². The minimum Gasteiger partial charge on any atom is -0.385 e. The summed E-state index contributed by atoms with van der Waals surface area (Å²) < 4.78 is 44.9. The van der Waals surface area contributed by atoms with Crippen molar-refractivity contribution in [3.8, 4) is 0 Å². The zero-order valence-corrected chi connectivity index (χ0v) is 21.9. The van der Waals surface area contributed by atoms with E-state index in [1.54, 1.807) is 12.4 Å². The van der Waals surface area contributed by atoms with Crippen molar-refractivity contribution < 1.29 is 32.6 Å². The fourth-order valence-electron chi connectivity index (χ4n) is 5.43. The van der Waals surface area contributed by atoms with Crippen molar-refractivity contribution in [1.29, 1.82) is 0 Å². The number of rotatable bonds is 9. The molecule has 1 aliphatic heterocycles. The first-order valence-electron chi connectivity index (χ1n) is 13.3. The third kappa shape index (κ3) is 7.34. The van der Waals surface area contributed by atoms with Gasteiger partial charge in [-0.15, -0.1) is 0 Å². The Morgan fingerprint density at radius 3 is 2.54 bits per heavy atom. The lowest BCUT2D eigenvalue weighted by Crippen LogP contribution is -2.48. The van der Waals surface area contributed by atoms with Crippen LogP contribution in [0.3, 0.4) is 0 Å². The maximum atomic E-state index is 13.0. The fraction of sp³-hybridized carbons (Fsp3) is 0.536. The minimum absolute atomic E-state index is 0.169. The van der Waals surface area contributed by atoms with Gasteiger partial charge in [0.1, 0.15) is 0 Å². The number of carbonyl (C=O) groups excluding carboxylic acids is 2. The number of aliphatic hydroxyl groups is 1. The molecule has 0 bridgehead atoms. The van der Waals surface area contributed by atoms with Crippen LogP contribution in [0.2, 0.25) is 0 Å². The lowest BCUT2D eigenvalue weighted by atomic mass is 9.77. The second kappa shape index (κ2) is 12.4. The Morgan fingerprint density at radius 1 is 1.15 bits per heavy atom. The van der Waals surface area contributed by atoms with Crippen LogP contribution in [0.15, 0.2) is 48.8 Å². The van der Waals surface area contributed by atoms with Gasteiger partial charge in [0.2, 0.25) is 5.91 Å². The van der Waals surface area contributed by atoms with Crippen LogP contribution in [-0.4, -0.2) is 71.2 Å². The first-order chi connectivity index (χ1) is 18.6. The number of aromatic nitrogens is 1.